The van der Waals surface area contributed by atoms with Gasteiger partial charge in [-0.3, -0.25) is 9.59 Å². The highest BCUT2D eigenvalue weighted by molar-refractivity contribution is 9.10. The summed E-state index contributed by atoms with van der Waals surface area (Å²) in [5.74, 6) is 1.23. The minimum absolute atomic E-state index is 0.00779. The Balaban J connectivity index is 1.22. The first kappa shape index (κ1) is 30.7. The minimum atomic E-state index is -0.0937. The fraction of sp³-hybridized carbons (Fsp3) is 0.636. The van der Waals surface area contributed by atoms with E-state index in [-0.39, 0.29) is 34.6 Å². The van der Waals surface area contributed by atoms with Gasteiger partial charge < -0.3 is 19.9 Å². The molecule has 0 bridgehead atoms. The van der Waals surface area contributed by atoms with Crippen LogP contribution < -0.4 is 5.32 Å². The molecule has 2 amide bonds. The predicted octanol–water partition coefficient (Wildman–Crippen LogP) is 6.39. The van der Waals surface area contributed by atoms with Gasteiger partial charge in [0.2, 0.25) is 5.91 Å². The summed E-state index contributed by atoms with van der Waals surface area (Å²) in [5.41, 5.74) is 1.91. The zero-order chi connectivity index (χ0) is 29.5. The van der Waals surface area contributed by atoms with Gasteiger partial charge >= 0.3 is 0 Å². The fourth-order valence-electron chi connectivity index (χ4n) is 6.56. The van der Waals surface area contributed by atoms with Crippen molar-refractivity contribution in [3.63, 3.8) is 0 Å². The van der Waals surface area contributed by atoms with Gasteiger partial charge in [0.1, 0.15) is 0 Å². The largest absolute Gasteiger partial charge is 0.381 e. The van der Waals surface area contributed by atoms with E-state index in [2.05, 4.69) is 84.7 Å². The average molecular weight is 645 g/mol. The van der Waals surface area contributed by atoms with Crippen LogP contribution in [0.5, 0.6) is 0 Å². The standard InChI is InChI=1S/C33H46BrN3O3S/c1-32(2,3)28-26(27(34)29(41-28)33(4,5)6)31(39)37-18-23-16-36(17-24(23)19-37)14-12-25(21-10-8-7-9-11-21)35-30(38)22-13-15-40-20-22/h7-11,22-25H,12-20H2,1-6H3,(H,35,38)/t22?,23-,24?,25?/m0/s1. The maximum atomic E-state index is 14.0. The number of hydrogen-bond acceptors (Lipinski definition) is 5. The van der Waals surface area contributed by atoms with Crippen molar-refractivity contribution in [3.05, 3.63) is 55.7 Å². The van der Waals surface area contributed by atoms with Crippen molar-refractivity contribution in [2.45, 2.75) is 71.3 Å². The molecule has 1 N–H and O–H groups in total. The van der Waals surface area contributed by atoms with Crippen molar-refractivity contribution in [2.24, 2.45) is 17.8 Å². The van der Waals surface area contributed by atoms with Gasteiger partial charge in [-0.1, -0.05) is 71.9 Å². The second-order valence-electron chi connectivity index (χ2n) is 14.3. The van der Waals surface area contributed by atoms with Crippen LogP contribution in [-0.2, 0) is 20.4 Å². The topological polar surface area (TPSA) is 61.9 Å². The van der Waals surface area contributed by atoms with Crippen molar-refractivity contribution in [1.29, 1.82) is 0 Å². The lowest BCUT2D eigenvalue weighted by Gasteiger charge is -2.26. The quantitative estimate of drug-likeness (QED) is 0.380. The first-order valence-electron chi connectivity index (χ1n) is 15.1. The van der Waals surface area contributed by atoms with Gasteiger partial charge in [-0.25, -0.2) is 0 Å². The predicted molar refractivity (Wildman–Crippen MR) is 170 cm³/mol. The number of likely N-dealkylation sites (tertiary alicyclic amines) is 2. The molecule has 0 saturated carbocycles. The molecule has 0 aliphatic carbocycles. The van der Waals surface area contributed by atoms with Crippen LogP contribution in [0.25, 0.3) is 0 Å². The molecule has 1 aromatic heterocycles. The highest BCUT2D eigenvalue weighted by Crippen LogP contribution is 2.46. The number of carbonyl (C=O) groups excluding carboxylic acids is 2. The molecule has 5 rings (SSSR count). The Kier molecular flexibility index (Phi) is 9.06. The van der Waals surface area contributed by atoms with Crippen molar-refractivity contribution in [2.75, 3.05) is 45.9 Å². The maximum Gasteiger partial charge on any atom is 0.256 e. The van der Waals surface area contributed by atoms with Gasteiger partial charge in [0, 0.05) is 53.6 Å². The monoisotopic (exact) mass is 643 g/mol. The van der Waals surface area contributed by atoms with Crippen LogP contribution in [0.15, 0.2) is 34.8 Å². The molecule has 0 radical (unpaired) electrons. The molecular weight excluding hydrogens is 598 g/mol. The normalized spacial score (nSPS) is 24.1. The van der Waals surface area contributed by atoms with Crippen molar-refractivity contribution in [1.82, 2.24) is 15.1 Å². The van der Waals surface area contributed by atoms with Crippen LogP contribution in [0.2, 0.25) is 0 Å². The van der Waals surface area contributed by atoms with E-state index < -0.39 is 0 Å². The Hall–Kier alpha value is -1.74. The molecule has 3 unspecified atom stereocenters. The van der Waals surface area contributed by atoms with Gasteiger partial charge in [-0.2, -0.15) is 0 Å². The van der Waals surface area contributed by atoms with Gasteiger partial charge in [0.15, 0.2) is 0 Å². The van der Waals surface area contributed by atoms with E-state index in [1.807, 2.05) is 18.2 Å². The Labute approximate surface area is 258 Å². The lowest BCUT2D eigenvalue weighted by molar-refractivity contribution is -0.125. The lowest BCUT2D eigenvalue weighted by atomic mass is 9.89. The third-order valence-corrected chi connectivity index (χ3v) is 11.9. The zero-order valence-electron chi connectivity index (χ0n) is 25.5. The molecule has 3 saturated heterocycles. The Morgan fingerprint density at radius 2 is 1.63 bits per heavy atom. The molecule has 8 heteroatoms. The Bertz CT molecular complexity index is 1230. The third kappa shape index (κ3) is 6.76. The highest BCUT2D eigenvalue weighted by Gasteiger charge is 2.43. The smallest absolute Gasteiger partial charge is 0.256 e. The van der Waals surface area contributed by atoms with E-state index in [0.29, 0.717) is 25.0 Å². The number of halogens is 1. The molecule has 6 nitrogen and oxygen atoms in total. The molecule has 224 valence electrons. The average Bonchev–Trinajstić information content (AvgIpc) is 3.69. The molecule has 4 atom stereocenters. The number of hydrogen-bond donors (Lipinski definition) is 1. The molecule has 3 aliphatic rings. The van der Waals surface area contributed by atoms with E-state index in [1.165, 1.54) is 9.75 Å². The zero-order valence-corrected chi connectivity index (χ0v) is 27.9. The molecule has 1 aromatic carbocycles. The Morgan fingerprint density at radius 3 is 2.20 bits per heavy atom. The Morgan fingerprint density at radius 1 is 1.00 bits per heavy atom. The molecular formula is C33H46BrN3O3S. The summed E-state index contributed by atoms with van der Waals surface area (Å²) >= 11 is 5.65. The van der Waals surface area contributed by atoms with Gasteiger partial charge in [0.05, 0.1) is 24.1 Å². The fourth-order valence-corrected chi connectivity index (χ4v) is 9.20. The lowest BCUT2D eigenvalue weighted by Crippen LogP contribution is -2.37. The van der Waals surface area contributed by atoms with Crippen molar-refractivity contribution < 1.29 is 14.3 Å². The van der Waals surface area contributed by atoms with Gasteiger partial charge in [-0.15, -0.1) is 11.3 Å². The second kappa shape index (κ2) is 12.1. The summed E-state index contributed by atoms with van der Waals surface area (Å²) < 4.78 is 6.44. The SMILES string of the molecule is CC(C)(C)c1sc(C(C)(C)C)c(C(=O)N2CC3CN(CCC(NC(=O)C4CCOC4)c4ccccc4)C[C@H]3C2)c1Br. The van der Waals surface area contributed by atoms with Crippen LogP contribution in [0.1, 0.15) is 86.1 Å². The van der Waals surface area contributed by atoms with E-state index >= 15 is 0 Å². The van der Waals surface area contributed by atoms with Crippen molar-refractivity contribution >= 4 is 39.1 Å². The third-order valence-electron chi connectivity index (χ3n) is 8.83. The minimum Gasteiger partial charge on any atom is -0.381 e. The van der Waals surface area contributed by atoms with E-state index in [9.17, 15) is 9.59 Å². The summed E-state index contributed by atoms with van der Waals surface area (Å²) in [4.78, 5) is 34.0. The van der Waals surface area contributed by atoms with Gasteiger partial charge in [0.25, 0.3) is 5.91 Å². The van der Waals surface area contributed by atoms with E-state index in [0.717, 1.165) is 61.2 Å². The highest BCUT2D eigenvalue weighted by atomic mass is 79.9. The number of fused-ring (bicyclic) bond motifs is 1. The molecule has 2 aromatic rings. The molecule has 41 heavy (non-hydrogen) atoms. The maximum absolute atomic E-state index is 14.0. The summed E-state index contributed by atoms with van der Waals surface area (Å²) in [7, 11) is 0. The number of thiophene rings is 1. The summed E-state index contributed by atoms with van der Waals surface area (Å²) in [6.07, 6.45) is 1.67. The number of amides is 2. The van der Waals surface area contributed by atoms with Crippen LogP contribution in [0.4, 0.5) is 0 Å². The summed E-state index contributed by atoms with van der Waals surface area (Å²) in [6, 6.07) is 10.3. The van der Waals surface area contributed by atoms with Gasteiger partial charge in [-0.05, 0) is 57.0 Å². The van der Waals surface area contributed by atoms with Crippen LogP contribution >= 0.6 is 27.3 Å². The number of ether oxygens (including phenoxy) is 1. The first-order valence-corrected chi connectivity index (χ1v) is 16.7. The second-order valence-corrected chi connectivity index (χ2v) is 16.1. The molecule has 4 heterocycles. The first-order chi connectivity index (χ1) is 19.3. The summed E-state index contributed by atoms with van der Waals surface area (Å²) in [5, 5.41) is 3.32. The van der Waals surface area contributed by atoms with Crippen LogP contribution in [0, 0.1) is 17.8 Å². The number of carbonyl (C=O) groups is 2. The number of nitrogens with zero attached hydrogens (tertiary/aromatic N) is 2. The van der Waals surface area contributed by atoms with Crippen LogP contribution in [0.3, 0.4) is 0 Å². The molecule has 3 aliphatic heterocycles. The number of benzene rings is 1. The molecule has 0 spiro atoms. The number of nitrogens with one attached hydrogen (secondary N) is 1. The van der Waals surface area contributed by atoms with Crippen molar-refractivity contribution in [3.8, 4) is 0 Å². The van der Waals surface area contributed by atoms with E-state index in [4.69, 9.17) is 4.74 Å². The molecule has 3 fully saturated rings. The van der Waals surface area contributed by atoms with E-state index in [1.54, 1.807) is 11.3 Å². The summed E-state index contributed by atoms with van der Waals surface area (Å²) in [6.45, 7) is 19.0. The van der Waals surface area contributed by atoms with Crippen LogP contribution in [-0.4, -0.2) is 67.6 Å². The number of rotatable bonds is 7.